The van der Waals surface area contributed by atoms with Crippen molar-refractivity contribution < 1.29 is 33.3 Å². The lowest BCUT2D eigenvalue weighted by Crippen LogP contribution is -2.64. The summed E-state index contributed by atoms with van der Waals surface area (Å²) in [6.07, 6.45) is 0.621. The third-order valence-electron chi connectivity index (χ3n) is 5.55. The van der Waals surface area contributed by atoms with E-state index in [-0.39, 0.29) is 37.2 Å². The van der Waals surface area contributed by atoms with Gasteiger partial charge in [0, 0.05) is 38.1 Å². The summed E-state index contributed by atoms with van der Waals surface area (Å²) >= 11 is 0. The molecule has 0 radical (unpaired) electrons. The molecule has 0 spiro atoms. The Bertz CT molecular complexity index is 1080. The molecular formula is C22H26N4O7. The molecule has 2 amide bonds. The van der Waals surface area contributed by atoms with Crippen LogP contribution in [0.15, 0.2) is 24.3 Å². The molecular weight excluding hydrogens is 432 g/mol. The zero-order chi connectivity index (χ0) is 23.6. The highest BCUT2D eigenvalue weighted by atomic mass is 16.7. The zero-order valence-corrected chi connectivity index (χ0v) is 18.8. The minimum atomic E-state index is -1.33. The van der Waals surface area contributed by atoms with Crippen LogP contribution in [0.5, 0.6) is 11.5 Å². The first kappa shape index (κ1) is 22.6. The molecule has 11 heteroatoms. The highest BCUT2D eigenvalue weighted by Gasteiger charge is 2.49. The summed E-state index contributed by atoms with van der Waals surface area (Å²) in [4.78, 5) is 40.6. The van der Waals surface area contributed by atoms with Crippen molar-refractivity contribution in [2.24, 2.45) is 0 Å². The first-order valence-electron chi connectivity index (χ1n) is 10.7. The van der Waals surface area contributed by atoms with Crippen molar-refractivity contribution in [3.05, 3.63) is 35.7 Å². The van der Waals surface area contributed by atoms with Crippen LogP contribution >= 0.6 is 0 Å². The van der Waals surface area contributed by atoms with E-state index < -0.39 is 17.4 Å². The van der Waals surface area contributed by atoms with Gasteiger partial charge < -0.3 is 24.3 Å². The van der Waals surface area contributed by atoms with Crippen molar-refractivity contribution in [2.45, 2.75) is 32.4 Å². The normalized spacial score (nSPS) is 18.8. The number of ether oxygens (including phenoxy) is 4. The molecule has 0 aliphatic carbocycles. The van der Waals surface area contributed by atoms with Gasteiger partial charge in [0.15, 0.2) is 17.2 Å². The molecule has 2 aromatic rings. The first-order chi connectivity index (χ1) is 15.9. The number of carbonyl (C=O) groups excluding carboxylic acids is 3. The van der Waals surface area contributed by atoms with Gasteiger partial charge in [0.05, 0.1) is 13.2 Å². The standard InChI is InChI=1S/C22H26N4O7/c1-4-31-20(28)15-11-16-19(27)26(14-6-7-17-18(10-14)33-13-32-17)22(2,12-25(16)24-15)21(29)23-8-5-9-30-3/h6-7,10-11H,4-5,8-9,12-13H2,1-3H3,(H,23,29)/t22-/m1/s1. The van der Waals surface area contributed by atoms with Crippen LogP contribution in [0.3, 0.4) is 0 Å². The number of fused-ring (bicyclic) bond motifs is 2. The number of carbonyl (C=O) groups is 3. The summed E-state index contributed by atoms with van der Waals surface area (Å²) < 4.78 is 22.3. The van der Waals surface area contributed by atoms with Crippen molar-refractivity contribution >= 4 is 23.5 Å². The lowest BCUT2D eigenvalue weighted by atomic mass is 9.94. The summed E-state index contributed by atoms with van der Waals surface area (Å²) in [5.41, 5.74) is -0.678. The average Bonchev–Trinajstić information content (AvgIpc) is 3.43. The van der Waals surface area contributed by atoms with Crippen LogP contribution in [0.4, 0.5) is 5.69 Å². The molecule has 33 heavy (non-hydrogen) atoms. The van der Waals surface area contributed by atoms with E-state index in [2.05, 4.69) is 10.4 Å². The van der Waals surface area contributed by atoms with Crippen LogP contribution in [0.2, 0.25) is 0 Å². The van der Waals surface area contributed by atoms with E-state index in [9.17, 15) is 14.4 Å². The monoisotopic (exact) mass is 458 g/mol. The molecule has 0 saturated carbocycles. The van der Waals surface area contributed by atoms with Crippen molar-refractivity contribution in [3.63, 3.8) is 0 Å². The van der Waals surface area contributed by atoms with Gasteiger partial charge in [-0.3, -0.25) is 19.2 Å². The molecule has 2 aliphatic heterocycles. The topological polar surface area (TPSA) is 121 Å². The molecule has 0 fully saturated rings. The largest absolute Gasteiger partial charge is 0.461 e. The second kappa shape index (κ2) is 9.10. The molecule has 0 unspecified atom stereocenters. The summed E-state index contributed by atoms with van der Waals surface area (Å²) in [6.45, 7) is 4.53. The first-order valence-corrected chi connectivity index (χ1v) is 10.7. The number of rotatable bonds is 8. The quantitative estimate of drug-likeness (QED) is 0.465. The maximum atomic E-state index is 13.6. The number of esters is 1. The molecule has 0 bridgehead atoms. The van der Waals surface area contributed by atoms with Gasteiger partial charge in [-0.2, -0.15) is 5.10 Å². The highest BCUT2D eigenvalue weighted by molar-refractivity contribution is 6.12. The maximum absolute atomic E-state index is 13.6. The Balaban J connectivity index is 1.73. The molecule has 1 N–H and O–H groups in total. The van der Waals surface area contributed by atoms with Crippen LogP contribution in [0.1, 0.15) is 41.2 Å². The fourth-order valence-electron chi connectivity index (χ4n) is 3.92. The van der Waals surface area contributed by atoms with Gasteiger partial charge in [0.1, 0.15) is 11.2 Å². The van der Waals surface area contributed by atoms with E-state index in [1.54, 1.807) is 39.2 Å². The molecule has 11 nitrogen and oxygen atoms in total. The summed E-state index contributed by atoms with van der Waals surface area (Å²) in [7, 11) is 1.59. The van der Waals surface area contributed by atoms with Crippen LogP contribution in [0.25, 0.3) is 0 Å². The van der Waals surface area contributed by atoms with Gasteiger partial charge in [-0.05, 0) is 32.4 Å². The number of nitrogens with one attached hydrogen (secondary N) is 1. The van der Waals surface area contributed by atoms with Crippen molar-refractivity contribution in [1.29, 1.82) is 0 Å². The Kier molecular flexibility index (Phi) is 6.23. The molecule has 1 aromatic heterocycles. The average molecular weight is 458 g/mol. The van der Waals surface area contributed by atoms with Crippen molar-refractivity contribution in [2.75, 3.05) is 38.6 Å². The molecule has 176 valence electrons. The number of methoxy groups -OCH3 is 1. The smallest absolute Gasteiger partial charge is 0.358 e. The van der Waals surface area contributed by atoms with Gasteiger partial charge in [-0.15, -0.1) is 0 Å². The minimum Gasteiger partial charge on any atom is -0.461 e. The Morgan fingerprint density at radius 3 is 2.79 bits per heavy atom. The summed E-state index contributed by atoms with van der Waals surface area (Å²) in [5.74, 6) is -0.424. The maximum Gasteiger partial charge on any atom is 0.358 e. The third kappa shape index (κ3) is 4.11. The SMILES string of the molecule is CCOC(=O)c1cc2n(n1)C[C@](C)(C(=O)NCCCOC)N(c1ccc3c(c1)OCO3)C2=O. The Labute approximate surface area is 190 Å². The zero-order valence-electron chi connectivity index (χ0n) is 18.8. The van der Waals surface area contributed by atoms with Crippen molar-refractivity contribution in [1.82, 2.24) is 15.1 Å². The van der Waals surface area contributed by atoms with Crippen molar-refractivity contribution in [3.8, 4) is 11.5 Å². The van der Waals surface area contributed by atoms with Crippen LogP contribution < -0.4 is 19.7 Å². The van der Waals surface area contributed by atoms with E-state index in [0.717, 1.165) is 0 Å². The minimum absolute atomic E-state index is 0.00980. The molecule has 4 rings (SSSR count). The van der Waals surface area contributed by atoms with Gasteiger partial charge in [0.2, 0.25) is 12.7 Å². The van der Waals surface area contributed by atoms with Gasteiger partial charge in [-0.25, -0.2) is 4.79 Å². The Morgan fingerprint density at radius 2 is 2.03 bits per heavy atom. The number of benzene rings is 1. The predicted octanol–water partition coefficient (Wildman–Crippen LogP) is 1.36. The lowest BCUT2D eigenvalue weighted by Gasteiger charge is -2.43. The van der Waals surface area contributed by atoms with Crippen LogP contribution in [-0.2, 0) is 20.8 Å². The van der Waals surface area contributed by atoms with E-state index in [1.807, 2.05) is 0 Å². The predicted molar refractivity (Wildman–Crippen MR) is 115 cm³/mol. The fraction of sp³-hybridized carbons (Fsp3) is 0.455. The Hall–Kier alpha value is -3.60. The number of hydrogen-bond acceptors (Lipinski definition) is 8. The number of aromatic nitrogens is 2. The summed E-state index contributed by atoms with van der Waals surface area (Å²) in [6, 6.07) is 6.43. The molecule has 3 heterocycles. The van der Waals surface area contributed by atoms with Gasteiger partial charge in [-0.1, -0.05) is 0 Å². The summed E-state index contributed by atoms with van der Waals surface area (Å²) in [5, 5.41) is 7.12. The number of amides is 2. The number of hydrogen-bond donors (Lipinski definition) is 1. The van der Waals surface area contributed by atoms with Crippen LogP contribution in [-0.4, -0.2) is 66.8 Å². The second-order valence-corrected chi connectivity index (χ2v) is 7.85. The third-order valence-corrected chi connectivity index (χ3v) is 5.55. The highest BCUT2D eigenvalue weighted by Crippen LogP contribution is 2.39. The van der Waals surface area contributed by atoms with E-state index in [4.69, 9.17) is 18.9 Å². The number of nitrogens with zero attached hydrogens (tertiary/aromatic N) is 3. The van der Waals surface area contributed by atoms with E-state index >= 15 is 0 Å². The number of anilines is 1. The Morgan fingerprint density at radius 1 is 1.24 bits per heavy atom. The van der Waals surface area contributed by atoms with E-state index in [1.165, 1.54) is 15.6 Å². The lowest BCUT2D eigenvalue weighted by molar-refractivity contribution is -0.126. The molecule has 0 saturated heterocycles. The van der Waals surface area contributed by atoms with Gasteiger partial charge in [0.25, 0.3) is 5.91 Å². The van der Waals surface area contributed by atoms with Crippen LogP contribution in [0, 0.1) is 0 Å². The second-order valence-electron chi connectivity index (χ2n) is 7.85. The van der Waals surface area contributed by atoms with Gasteiger partial charge >= 0.3 is 5.97 Å². The molecule has 2 aliphatic rings. The molecule has 1 atom stereocenters. The fourth-order valence-corrected chi connectivity index (χ4v) is 3.92. The molecule has 1 aromatic carbocycles. The van der Waals surface area contributed by atoms with E-state index in [0.29, 0.717) is 36.8 Å².